The first-order chi connectivity index (χ1) is 8.30. The molecule has 0 saturated heterocycles. The summed E-state index contributed by atoms with van der Waals surface area (Å²) >= 11 is 0. The van der Waals surface area contributed by atoms with Crippen molar-refractivity contribution in [3.63, 3.8) is 0 Å². The molecule has 2 rings (SSSR count). The third-order valence-electron chi connectivity index (χ3n) is 2.95. The molecular weight excluding hydrogens is 228 g/mol. The maximum atomic E-state index is 10.4. The lowest BCUT2D eigenvalue weighted by atomic mass is 9.83. The standard InChI is InChI=1S/C14H18N2O2/c1-8-5-9(10-7-16-18-13(10)15)12(17)11(6-8)14(2,3)4/h5-7,17H,15H2,1-4H3. The van der Waals surface area contributed by atoms with E-state index in [0.717, 1.165) is 11.1 Å². The van der Waals surface area contributed by atoms with Gasteiger partial charge in [-0.05, 0) is 24.0 Å². The number of nitrogen functional groups attached to an aromatic ring is 1. The molecule has 0 unspecified atom stereocenters. The van der Waals surface area contributed by atoms with E-state index in [4.69, 9.17) is 10.3 Å². The maximum absolute atomic E-state index is 10.4. The van der Waals surface area contributed by atoms with Crippen LogP contribution in [0.5, 0.6) is 5.75 Å². The van der Waals surface area contributed by atoms with Gasteiger partial charge in [-0.1, -0.05) is 32.0 Å². The van der Waals surface area contributed by atoms with Crippen LogP contribution in [0, 0.1) is 6.92 Å². The number of aromatic nitrogens is 1. The van der Waals surface area contributed by atoms with Gasteiger partial charge in [0.25, 0.3) is 0 Å². The number of phenols is 1. The molecule has 0 fully saturated rings. The van der Waals surface area contributed by atoms with E-state index in [0.29, 0.717) is 11.1 Å². The van der Waals surface area contributed by atoms with E-state index >= 15 is 0 Å². The summed E-state index contributed by atoms with van der Waals surface area (Å²) in [6, 6.07) is 3.87. The minimum atomic E-state index is -0.142. The molecule has 2 aromatic rings. The summed E-state index contributed by atoms with van der Waals surface area (Å²) in [4.78, 5) is 0. The molecule has 96 valence electrons. The van der Waals surface area contributed by atoms with Crippen LogP contribution in [0.1, 0.15) is 31.9 Å². The zero-order valence-electron chi connectivity index (χ0n) is 11.1. The van der Waals surface area contributed by atoms with Crippen molar-refractivity contribution in [1.29, 1.82) is 0 Å². The number of anilines is 1. The number of nitrogens with zero attached hydrogens (tertiary/aromatic N) is 1. The van der Waals surface area contributed by atoms with Crippen molar-refractivity contribution >= 4 is 5.88 Å². The van der Waals surface area contributed by atoms with Gasteiger partial charge in [0, 0.05) is 11.1 Å². The predicted molar refractivity (Wildman–Crippen MR) is 71.5 cm³/mol. The Morgan fingerprint density at radius 3 is 2.39 bits per heavy atom. The van der Waals surface area contributed by atoms with Gasteiger partial charge in [-0.3, -0.25) is 0 Å². The Labute approximate surface area is 106 Å². The summed E-state index contributed by atoms with van der Waals surface area (Å²) in [5, 5.41) is 14.1. The van der Waals surface area contributed by atoms with Crippen LogP contribution < -0.4 is 5.73 Å². The van der Waals surface area contributed by atoms with E-state index < -0.39 is 0 Å². The molecule has 0 bridgehead atoms. The topological polar surface area (TPSA) is 72.3 Å². The molecule has 4 nitrogen and oxygen atoms in total. The van der Waals surface area contributed by atoms with Gasteiger partial charge in [-0.25, -0.2) is 0 Å². The fourth-order valence-corrected chi connectivity index (χ4v) is 2.01. The Morgan fingerprint density at radius 2 is 1.89 bits per heavy atom. The summed E-state index contributed by atoms with van der Waals surface area (Å²) in [6.45, 7) is 8.16. The fraction of sp³-hybridized carbons (Fsp3) is 0.357. The van der Waals surface area contributed by atoms with Gasteiger partial charge in [0.1, 0.15) is 5.75 Å². The van der Waals surface area contributed by atoms with Gasteiger partial charge in [-0.2, -0.15) is 0 Å². The van der Waals surface area contributed by atoms with Gasteiger partial charge in [0.15, 0.2) is 0 Å². The molecule has 1 heterocycles. The van der Waals surface area contributed by atoms with Gasteiger partial charge in [-0.15, -0.1) is 0 Å². The largest absolute Gasteiger partial charge is 0.507 e. The molecule has 0 aliphatic rings. The van der Waals surface area contributed by atoms with Crippen LogP contribution >= 0.6 is 0 Å². The SMILES string of the molecule is Cc1cc(-c2cnoc2N)c(O)c(C(C)(C)C)c1. The Kier molecular flexibility index (Phi) is 2.81. The summed E-state index contributed by atoms with van der Waals surface area (Å²) < 4.78 is 4.86. The third kappa shape index (κ3) is 2.06. The van der Waals surface area contributed by atoms with Crippen molar-refractivity contribution in [2.75, 3.05) is 5.73 Å². The number of phenolic OH excluding ortho intramolecular Hbond substituents is 1. The zero-order chi connectivity index (χ0) is 13.5. The van der Waals surface area contributed by atoms with Crippen LogP contribution in [0.2, 0.25) is 0 Å². The second kappa shape index (κ2) is 4.05. The molecule has 0 radical (unpaired) electrons. The maximum Gasteiger partial charge on any atom is 0.230 e. The molecule has 3 N–H and O–H groups in total. The summed E-state index contributed by atoms with van der Waals surface area (Å²) in [6.07, 6.45) is 1.52. The van der Waals surface area contributed by atoms with Gasteiger partial charge >= 0.3 is 0 Å². The summed E-state index contributed by atoms with van der Waals surface area (Å²) in [7, 11) is 0. The second-order valence-electron chi connectivity index (χ2n) is 5.56. The van der Waals surface area contributed by atoms with Gasteiger partial charge < -0.3 is 15.4 Å². The molecule has 1 aromatic carbocycles. The monoisotopic (exact) mass is 246 g/mol. The average Bonchev–Trinajstić information content (AvgIpc) is 2.66. The minimum absolute atomic E-state index is 0.142. The molecule has 1 aromatic heterocycles. The van der Waals surface area contributed by atoms with E-state index in [9.17, 15) is 5.11 Å². The molecule has 18 heavy (non-hydrogen) atoms. The Balaban J connectivity index is 2.70. The second-order valence-corrected chi connectivity index (χ2v) is 5.56. The summed E-state index contributed by atoms with van der Waals surface area (Å²) in [5.41, 5.74) is 8.81. The van der Waals surface area contributed by atoms with E-state index in [2.05, 4.69) is 25.9 Å². The van der Waals surface area contributed by atoms with Crippen molar-refractivity contribution in [1.82, 2.24) is 5.16 Å². The summed E-state index contributed by atoms with van der Waals surface area (Å²) in [5.74, 6) is 0.457. The van der Waals surface area contributed by atoms with Crippen LogP contribution in [0.15, 0.2) is 22.9 Å². The smallest absolute Gasteiger partial charge is 0.230 e. The molecule has 0 atom stereocenters. The number of rotatable bonds is 1. The first-order valence-electron chi connectivity index (χ1n) is 5.85. The highest BCUT2D eigenvalue weighted by Gasteiger charge is 2.22. The first-order valence-corrected chi connectivity index (χ1v) is 5.85. The molecule has 0 amide bonds. The Morgan fingerprint density at radius 1 is 1.22 bits per heavy atom. The van der Waals surface area contributed by atoms with Crippen molar-refractivity contribution in [2.24, 2.45) is 0 Å². The predicted octanol–water partition coefficient (Wildman–Crippen LogP) is 3.24. The van der Waals surface area contributed by atoms with Crippen molar-refractivity contribution in [3.05, 3.63) is 29.5 Å². The number of nitrogens with two attached hydrogens (primary N) is 1. The van der Waals surface area contributed by atoms with Gasteiger partial charge in [0.05, 0.1) is 11.8 Å². The minimum Gasteiger partial charge on any atom is -0.507 e. The van der Waals surface area contributed by atoms with E-state index in [1.54, 1.807) is 0 Å². The molecule has 0 saturated carbocycles. The highest BCUT2D eigenvalue weighted by atomic mass is 16.5. The fourth-order valence-electron chi connectivity index (χ4n) is 2.01. The highest BCUT2D eigenvalue weighted by Crippen LogP contribution is 2.40. The van der Waals surface area contributed by atoms with Gasteiger partial charge in [0.2, 0.25) is 5.88 Å². The zero-order valence-corrected chi connectivity index (χ0v) is 11.1. The number of hydrogen-bond donors (Lipinski definition) is 2. The number of benzene rings is 1. The lowest BCUT2D eigenvalue weighted by Crippen LogP contribution is -2.12. The quantitative estimate of drug-likeness (QED) is 0.810. The molecule has 0 aliphatic carbocycles. The van der Waals surface area contributed by atoms with Crippen LogP contribution in [-0.2, 0) is 5.41 Å². The van der Waals surface area contributed by atoms with Crippen LogP contribution in [0.25, 0.3) is 11.1 Å². The van der Waals surface area contributed by atoms with Crippen LogP contribution in [-0.4, -0.2) is 10.3 Å². The number of hydrogen-bond acceptors (Lipinski definition) is 4. The highest BCUT2D eigenvalue weighted by molar-refractivity contribution is 5.78. The third-order valence-corrected chi connectivity index (χ3v) is 2.95. The number of aryl methyl sites for hydroxylation is 1. The first kappa shape index (κ1) is 12.5. The van der Waals surface area contributed by atoms with Crippen molar-refractivity contribution in [2.45, 2.75) is 33.1 Å². The normalized spacial score (nSPS) is 11.8. The van der Waals surface area contributed by atoms with Crippen LogP contribution in [0.3, 0.4) is 0 Å². The van der Waals surface area contributed by atoms with Crippen LogP contribution in [0.4, 0.5) is 5.88 Å². The Bertz CT molecular complexity index is 580. The average molecular weight is 246 g/mol. The van der Waals surface area contributed by atoms with E-state index in [1.165, 1.54) is 6.20 Å². The molecular formula is C14H18N2O2. The van der Waals surface area contributed by atoms with Crippen molar-refractivity contribution in [3.8, 4) is 16.9 Å². The van der Waals surface area contributed by atoms with Crippen molar-refractivity contribution < 1.29 is 9.63 Å². The number of aromatic hydroxyl groups is 1. The lowest BCUT2D eigenvalue weighted by molar-refractivity contribution is 0.436. The van der Waals surface area contributed by atoms with E-state index in [-0.39, 0.29) is 17.0 Å². The Hall–Kier alpha value is -1.97. The molecule has 0 aliphatic heterocycles. The molecule has 4 heteroatoms. The lowest BCUT2D eigenvalue weighted by Gasteiger charge is -2.22. The molecule has 0 spiro atoms. The van der Waals surface area contributed by atoms with E-state index in [1.807, 2.05) is 19.1 Å².